The van der Waals surface area contributed by atoms with Gasteiger partial charge in [0.25, 0.3) is 0 Å². The van der Waals surface area contributed by atoms with Crippen molar-refractivity contribution in [1.82, 2.24) is 4.90 Å². The van der Waals surface area contributed by atoms with Gasteiger partial charge in [0, 0.05) is 24.2 Å². The Bertz CT molecular complexity index is 359. The van der Waals surface area contributed by atoms with Crippen molar-refractivity contribution in [3.63, 3.8) is 0 Å². The number of alkyl halides is 6. The van der Waals surface area contributed by atoms with Crippen LogP contribution in [0.5, 0.6) is 0 Å². The highest BCUT2D eigenvalue weighted by Gasteiger charge is 2.53. The number of likely N-dealkylation sites (tertiary alicyclic amines) is 1. The lowest BCUT2D eigenvalue weighted by atomic mass is 9.77. The quantitative estimate of drug-likeness (QED) is 0.686. The van der Waals surface area contributed by atoms with Crippen LogP contribution in [0.25, 0.3) is 0 Å². The predicted octanol–water partition coefficient (Wildman–Crippen LogP) is 4.65. The first-order valence-corrected chi connectivity index (χ1v) is 6.70. The molecule has 1 aliphatic heterocycles. The molecule has 1 fully saturated rings. The highest BCUT2D eigenvalue weighted by atomic mass is 19.4. The van der Waals surface area contributed by atoms with Crippen LogP contribution in [-0.2, 0) is 0 Å². The van der Waals surface area contributed by atoms with Gasteiger partial charge in [-0.15, -0.1) is 0 Å². The lowest BCUT2D eigenvalue weighted by Gasteiger charge is -2.38. The maximum absolute atomic E-state index is 12.8. The molecular formula is C13H17F6N. The van der Waals surface area contributed by atoms with E-state index in [9.17, 15) is 26.3 Å². The van der Waals surface area contributed by atoms with E-state index in [2.05, 4.69) is 0 Å². The van der Waals surface area contributed by atoms with Crippen molar-refractivity contribution in [2.24, 2.45) is 5.41 Å². The predicted molar refractivity (Wildman–Crippen MR) is 61.9 cm³/mol. The third-order valence-electron chi connectivity index (χ3n) is 4.03. The number of halogens is 6. The minimum absolute atomic E-state index is 0.0716. The molecular weight excluding hydrogens is 284 g/mol. The van der Waals surface area contributed by atoms with E-state index < -0.39 is 30.6 Å². The van der Waals surface area contributed by atoms with Gasteiger partial charge < -0.3 is 4.90 Å². The van der Waals surface area contributed by atoms with Crippen LogP contribution >= 0.6 is 0 Å². The largest absolute Gasteiger partial charge is 0.390 e. The summed E-state index contributed by atoms with van der Waals surface area (Å²) in [6, 6.07) is 0. The van der Waals surface area contributed by atoms with Crippen molar-refractivity contribution >= 4 is 0 Å². The van der Waals surface area contributed by atoms with E-state index in [1.807, 2.05) is 0 Å². The zero-order chi connectivity index (χ0) is 15.0. The van der Waals surface area contributed by atoms with Gasteiger partial charge >= 0.3 is 12.4 Å². The van der Waals surface area contributed by atoms with Gasteiger partial charge in [0.1, 0.15) is 0 Å². The highest BCUT2D eigenvalue weighted by molar-refractivity contribution is 5.21. The Morgan fingerprint density at radius 3 is 1.90 bits per heavy atom. The fourth-order valence-corrected chi connectivity index (χ4v) is 3.44. The first-order valence-electron chi connectivity index (χ1n) is 6.70. The summed E-state index contributed by atoms with van der Waals surface area (Å²) in [5.41, 5.74) is -1.55. The third-order valence-corrected chi connectivity index (χ3v) is 4.03. The lowest BCUT2D eigenvalue weighted by molar-refractivity contribution is -0.190. The number of allylic oxidation sites excluding steroid dienone is 2. The average molecular weight is 301 g/mol. The van der Waals surface area contributed by atoms with Gasteiger partial charge in [0.05, 0.1) is 12.8 Å². The fraction of sp³-hybridized carbons (Fsp3) is 0.846. The second-order valence-electron chi connectivity index (χ2n) is 5.69. The van der Waals surface area contributed by atoms with Crippen LogP contribution in [0.2, 0.25) is 0 Å². The zero-order valence-corrected chi connectivity index (χ0v) is 10.9. The van der Waals surface area contributed by atoms with Crippen LogP contribution in [0, 0.1) is 5.41 Å². The van der Waals surface area contributed by atoms with Gasteiger partial charge in [-0.05, 0) is 25.7 Å². The molecule has 116 valence electrons. The van der Waals surface area contributed by atoms with Crippen LogP contribution < -0.4 is 0 Å². The molecule has 0 atom stereocenters. The van der Waals surface area contributed by atoms with Crippen LogP contribution in [0.4, 0.5) is 26.3 Å². The summed E-state index contributed by atoms with van der Waals surface area (Å²) in [5.74, 6) is 0. The summed E-state index contributed by atoms with van der Waals surface area (Å²) in [4.78, 5) is 1.71. The Hall–Kier alpha value is -0.880. The minimum Gasteiger partial charge on any atom is -0.375 e. The highest BCUT2D eigenvalue weighted by Crippen LogP contribution is 2.54. The van der Waals surface area contributed by atoms with E-state index in [0.29, 0.717) is 13.1 Å². The van der Waals surface area contributed by atoms with Crippen molar-refractivity contribution in [1.29, 1.82) is 0 Å². The van der Waals surface area contributed by atoms with Crippen molar-refractivity contribution in [3.05, 3.63) is 11.8 Å². The molecule has 0 aromatic carbocycles. The van der Waals surface area contributed by atoms with Gasteiger partial charge in [0.2, 0.25) is 0 Å². The first-order chi connectivity index (χ1) is 9.11. The Kier molecular flexibility index (Phi) is 3.99. The topological polar surface area (TPSA) is 3.24 Å². The number of hydrogen-bond acceptors (Lipinski definition) is 1. The molecule has 0 spiro atoms. The molecule has 0 N–H and O–H groups in total. The maximum atomic E-state index is 12.8. The molecule has 0 radical (unpaired) electrons. The van der Waals surface area contributed by atoms with Crippen molar-refractivity contribution in [3.8, 4) is 0 Å². The Labute approximate surface area is 113 Å². The molecule has 1 heterocycles. The molecule has 2 aliphatic rings. The maximum Gasteiger partial charge on any atom is 0.390 e. The summed E-state index contributed by atoms with van der Waals surface area (Å²) in [6.07, 6.45) is -8.51. The Balaban J connectivity index is 2.28. The second-order valence-corrected chi connectivity index (χ2v) is 5.69. The summed E-state index contributed by atoms with van der Waals surface area (Å²) in [7, 11) is 0. The first kappa shape index (κ1) is 15.5. The minimum atomic E-state index is -4.59. The van der Waals surface area contributed by atoms with E-state index in [1.165, 1.54) is 0 Å². The van der Waals surface area contributed by atoms with E-state index in [0.717, 1.165) is 12.8 Å². The number of rotatable bonds is 3. The summed E-state index contributed by atoms with van der Waals surface area (Å²) in [6.45, 7) is 1.12. The molecule has 0 bridgehead atoms. The van der Waals surface area contributed by atoms with Crippen LogP contribution in [0.15, 0.2) is 11.8 Å². The van der Waals surface area contributed by atoms with Crippen LogP contribution in [-0.4, -0.2) is 30.3 Å². The smallest absolute Gasteiger partial charge is 0.375 e. The van der Waals surface area contributed by atoms with Gasteiger partial charge in [-0.25, -0.2) is 0 Å². The van der Waals surface area contributed by atoms with Crippen molar-refractivity contribution in [2.75, 3.05) is 13.1 Å². The molecule has 0 aromatic heterocycles. The van der Waals surface area contributed by atoms with E-state index >= 15 is 0 Å². The molecule has 7 heteroatoms. The SMILES string of the molecule is FC(F)(F)CC1(CC(F)(F)F)CCC=C1N1CCCC1. The molecule has 1 saturated heterocycles. The fourth-order valence-electron chi connectivity index (χ4n) is 3.44. The van der Waals surface area contributed by atoms with Crippen molar-refractivity contribution < 1.29 is 26.3 Å². The lowest BCUT2D eigenvalue weighted by Crippen LogP contribution is -2.38. The van der Waals surface area contributed by atoms with Gasteiger partial charge in [-0.1, -0.05) is 6.08 Å². The monoisotopic (exact) mass is 301 g/mol. The summed E-state index contributed by atoms with van der Waals surface area (Å²) >= 11 is 0. The second kappa shape index (κ2) is 5.15. The summed E-state index contributed by atoms with van der Waals surface area (Å²) < 4.78 is 76.6. The zero-order valence-electron chi connectivity index (χ0n) is 10.9. The van der Waals surface area contributed by atoms with Gasteiger partial charge in [0.15, 0.2) is 0 Å². The Morgan fingerprint density at radius 2 is 1.45 bits per heavy atom. The molecule has 2 rings (SSSR count). The van der Waals surface area contributed by atoms with Gasteiger partial charge in [-0.3, -0.25) is 0 Å². The van der Waals surface area contributed by atoms with E-state index in [4.69, 9.17) is 0 Å². The van der Waals surface area contributed by atoms with Gasteiger partial charge in [-0.2, -0.15) is 26.3 Å². The third kappa shape index (κ3) is 3.61. The normalized spacial score (nSPS) is 23.3. The molecule has 20 heavy (non-hydrogen) atoms. The Morgan fingerprint density at radius 1 is 0.950 bits per heavy atom. The number of hydrogen-bond donors (Lipinski definition) is 0. The van der Waals surface area contributed by atoms with Crippen LogP contribution in [0.1, 0.15) is 38.5 Å². The summed E-state index contributed by atoms with van der Waals surface area (Å²) in [5, 5.41) is 0. The molecule has 1 aliphatic carbocycles. The number of nitrogens with zero attached hydrogens (tertiary/aromatic N) is 1. The molecule has 0 saturated carbocycles. The molecule has 0 amide bonds. The average Bonchev–Trinajstić information content (AvgIpc) is 2.80. The molecule has 0 aromatic rings. The molecule has 0 unspecified atom stereocenters. The molecule has 1 nitrogen and oxygen atoms in total. The van der Waals surface area contributed by atoms with E-state index in [1.54, 1.807) is 11.0 Å². The van der Waals surface area contributed by atoms with Crippen molar-refractivity contribution in [2.45, 2.75) is 50.9 Å². The van der Waals surface area contributed by atoms with Crippen LogP contribution in [0.3, 0.4) is 0 Å². The van der Waals surface area contributed by atoms with E-state index in [-0.39, 0.29) is 18.5 Å². The standard InChI is InChI=1S/C13H17F6N/c14-12(15,16)8-11(9-13(17,18)19)5-3-4-10(11)20-6-1-2-7-20/h4H,1-3,5-9H2.